The third-order valence-electron chi connectivity index (χ3n) is 2.33. The SMILES string of the molecule is Fc1ccc2nc(NCc3ncn[nH]3)[nH]c2c1. The molecular weight excluding hydrogens is 223 g/mol. The first-order valence-corrected chi connectivity index (χ1v) is 5.04. The first-order chi connectivity index (χ1) is 8.31. The van der Waals surface area contributed by atoms with E-state index in [0.717, 1.165) is 0 Å². The van der Waals surface area contributed by atoms with E-state index in [2.05, 4.69) is 30.5 Å². The van der Waals surface area contributed by atoms with Crippen LogP contribution in [-0.2, 0) is 6.54 Å². The molecule has 3 aromatic rings. The third-order valence-corrected chi connectivity index (χ3v) is 2.33. The summed E-state index contributed by atoms with van der Waals surface area (Å²) >= 11 is 0. The molecule has 0 aliphatic carbocycles. The molecule has 0 aliphatic heterocycles. The highest BCUT2D eigenvalue weighted by Gasteiger charge is 2.03. The Kier molecular flexibility index (Phi) is 2.21. The Bertz CT molecular complexity index is 629. The lowest BCUT2D eigenvalue weighted by molar-refractivity contribution is 0.629. The van der Waals surface area contributed by atoms with E-state index in [0.29, 0.717) is 29.4 Å². The van der Waals surface area contributed by atoms with Crippen LogP contribution in [-0.4, -0.2) is 25.1 Å². The lowest BCUT2D eigenvalue weighted by Gasteiger charge is -1.97. The normalized spacial score (nSPS) is 10.9. The molecule has 7 heteroatoms. The van der Waals surface area contributed by atoms with Crippen LogP contribution in [0.3, 0.4) is 0 Å². The minimum absolute atomic E-state index is 0.289. The molecule has 2 aromatic heterocycles. The van der Waals surface area contributed by atoms with E-state index in [1.165, 1.54) is 18.5 Å². The van der Waals surface area contributed by atoms with Crippen molar-refractivity contribution >= 4 is 17.0 Å². The molecule has 0 spiro atoms. The molecule has 0 unspecified atom stereocenters. The summed E-state index contributed by atoms with van der Waals surface area (Å²) in [4.78, 5) is 11.2. The number of imidazole rings is 1. The maximum absolute atomic E-state index is 13.0. The van der Waals surface area contributed by atoms with E-state index in [1.54, 1.807) is 6.07 Å². The van der Waals surface area contributed by atoms with Gasteiger partial charge in [0.15, 0.2) is 0 Å². The lowest BCUT2D eigenvalue weighted by atomic mass is 10.3. The van der Waals surface area contributed by atoms with Gasteiger partial charge in [-0.2, -0.15) is 5.10 Å². The number of hydrogen-bond donors (Lipinski definition) is 3. The summed E-state index contributed by atoms with van der Waals surface area (Å²) in [5, 5.41) is 9.49. The van der Waals surface area contributed by atoms with Crippen LogP contribution in [0.2, 0.25) is 0 Å². The summed E-state index contributed by atoms with van der Waals surface area (Å²) < 4.78 is 13.0. The van der Waals surface area contributed by atoms with Gasteiger partial charge >= 0.3 is 0 Å². The van der Waals surface area contributed by atoms with Crippen molar-refractivity contribution < 1.29 is 4.39 Å². The molecule has 0 saturated heterocycles. The maximum atomic E-state index is 13.0. The van der Waals surface area contributed by atoms with E-state index in [9.17, 15) is 4.39 Å². The Hall–Kier alpha value is -2.44. The van der Waals surface area contributed by atoms with Gasteiger partial charge in [-0.3, -0.25) is 5.10 Å². The molecule has 0 radical (unpaired) electrons. The van der Waals surface area contributed by atoms with Crippen LogP contribution in [0.4, 0.5) is 10.3 Å². The Balaban J connectivity index is 1.81. The fraction of sp³-hybridized carbons (Fsp3) is 0.100. The molecular formula is C10H9FN6. The summed E-state index contributed by atoms with van der Waals surface area (Å²) in [5.41, 5.74) is 1.37. The van der Waals surface area contributed by atoms with Gasteiger partial charge in [0, 0.05) is 0 Å². The first kappa shape index (κ1) is 9.76. The van der Waals surface area contributed by atoms with Crippen LogP contribution >= 0.6 is 0 Å². The number of nitrogens with zero attached hydrogens (tertiary/aromatic N) is 3. The predicted octanol–water partition coefficient (Wildman–Crippen LogP) is 1.43. The first-order valence-electron chi connectivity index (χ1n) is 5.04. The Morgan fingerprint density at radius 3 is 3.12 bits per heavy atom. The van der Waals surface area contributed by atoms with Gasteiger partial charge in [-0.15, -0.1) is 0 Å². The fourth-order valence-corrected chi connectivity index (χ4v) is 1.55. The van der Waals surface area contributed by atoms with Crippen molar-refractivity contribution in [1.82, 2.24) is 25.1 Å². The second-order valence-corrected chi connectivity index (χ2v) is 3.53. The van der Waals surface area contributed by atoms with E-state index in [4.69, 9.17) is 0 Å². The molecule has 0 bridgehead atoms. The number of anilines is 1. The number of fused-ring (bicyclic) bond motifs is 1. The van der Waals surface area contributed by atoms with Gasteiger partial charge in [-0.25, -0.2) is 14.4 Å². The molecule has 17 heavy (non-hydrogen) atoms. The highest BCUT2D eigenvalue weighted by atomic mass is 19.1. The van der Waals surface area contributed by atoms with Gasteiger partial charge in [0.05, 0.1) is 17.6 Å². The van der Waals surface area contributed by atoms with Crippen molar-refractivity contribution in [2.45, 2.75) is 6.54 Å². The third kappa shape index (κ3) is 1.94. The zero-order valence-corrected chi connectivity index (χ0v) is 8.74. The zero-order chi connectivity index (χ0) is 11.7. The number of aromatic nitrogens is 5. The number of aromatic amines is 2. The lowest BCUT2D eigenvalue weighted by Crippen LogP contribution is -2.02. The predicted molar refractivity (Wildman–Crippen MR) is 59.8 cm³/mol. The topological polar surface area (TPSA) is 82.3 Å². The quantitative estimate of drug-likeness (QED) is 0.638. The Morgan fingerprint density at radius 1 is 1.35 bits per heavy atom. The summed E-state index contributed by atoms with van der Waals surface area (Å²) in [7, 11) is 0. The number of nitrogens with one attached hydrogen (secondary N) is 3. The number of rotatable bonds is 3. The van der Waals surface area contributed by atoms with E-state index in [1.807, 2.05) is 0 Å². The molecule has 6 nitrogen and oxygen atoms in total. The van der Waals surface area contributed by atoms with Crippen LogP contribution in [0.5, 0.6) is 0 Å². The van der Waals surface area contributed by atoms with Gasteiger partial charge in [-0.05, 0) is 18.2 Å². The van der Waals surface area contributed by atoms with Crippen molar-refractivity contribution in [2.24, 2.45) is 0 Å². The molecule has 3 rings (SSSR count). The number of halogens is 1. The Morgan fingerprint density at radius 2 is 2.29 bits per heavy atom. The van der Waals surface area contributed by atoms with Gasteiger partial charge in [0.25, 0.3) is 0 Å². The van der Waals surface area contributed by atoms with Gasteiger partial charge in [-0.1, -0.05) is 0 Å². The van der Waals surface area contributed by atoms with Crippen LogP contribution < -0.4 is 5.32 Å². The van der Waals surface area contributed by atoms with Gasteiger partial charge < -0.3 is 10.3 Å². The Labute approximate surface area is 95.3 Å². The summed E-state index contributed by atoms with van der Waals surface area (Å²) in [6.07, 6.45) is 1.44. The second kappa shape index (κ2) is 3.85. The summed E-state index contributed by atoms with van der Waals surface area (Å²) in [6, 6.07) is 4.41. The number of benzene rings is 1. The monoisotopic (exact) mass is 232 g/mol. The van der Waals surface area contributed by atoms with Crippen LogP contribution in [0.25, 0.3) is 11.0 Å². The van der Waals surface area contributed by atoms with Crippen LogP contribution in [0.1, 0.15) is 5.82 Å². The molecule has 0 amide bonds. The highest BCUT2D eigenvalue weighted by molar-refractivity contribution is 5.77. The van der Waals surface area contributed by atoms with Crippen molar-refractivity contribution in [3.05, 3.63) is 36.2 Å². The highest BCUT2D eigenvalue weighted by Crippen LogP contribution is 2.15. The van der Waals surface area contributed by atoms with Crippen molar-refractivity contribution in [1.29, 1.82) is 0 Å². The molecule has 86 valence electrons. The van der Waals surface area contributed by atoms with Crippen LogP contribution in [0.15, 0.2) is 24.5 Å². The van der Waals surface area contributed by atoms with E-state index in [-0.39, 0.29) is 5.82 Å². The summed E-state index contributed by atoms with van der Waals surface area (Å²) in [5.74, 6) is 0.988. The molecule has 2 heterocycles. The standard InChI is InChI=1S/C10H9FN6/c11-6-1-2-7-8(3-6)16-10(15-7)12-4-9-13-5-14-17-9/h1-3,5H,4H2,(H2,12,15,16)(H,13,14,17). The minimum Gasteiger partial charge on any atom is -0.349 e. The van der Waals surface area contributed by atoms with Gasteiger partial charge in [0.1, 0.15) is 18.0 Å². The van der Waals surface area contributed by atoms with Crippen molar-refractivity contribution in [2.75, 3.05) is 5.32 Å². The average Bonchev–Trinajstić information content (AvgIpc) is 2.94. The fourth-order valence-electron chi connectivity index (χ4n) is 1.55. The van der Waals surface area contributed by atoms with E-state index >= 15 is 0 Å². The van der Waals surface area contributed by atoms with Crippen molar-refractivity contribution in [3.8, 4) is 0 Å². The largest absolute Gasteiger partial charge is 0.349 e. The summed E-state index contributed by atoms with van der Waals surface area (Å²) in [6.45, 7) is 0.475. The molecule has 0 aliphatic rings. The molecule has 1 aromatic carbocycles. The van der Waals surface area contributed by atoms with Crippen molar-refractivity contribution in [3.63, 3.8) is 0 Å². The zero-order valence-electron chi connectivity index (χ0n) is 8.74. The molecule has 3 N–H and O–H groups in total. The smallest absolute Gasteiger partial charge is 0.201 e. The van der Waals surface area contributed by atoms with Crippen LogP contribution in [0, 0.1) is 5.82 Å². The van der Waals surface area contributed by atoms with Gasteiger partial charge in [0.2, 0.25) is 5.95 Å². The molecule has 0 fully saturated rings. The minimum atomic E-state index is -0.289. The molecule has 0 atom stereocenters. The van der Waals surface area contributed by atoms with E-state index < -0.39 is 0 Å². The second-order valence-electron chi connectivity index (χ2n) is 3.53. The number of H-pyrrole nitrogens is 2. The maximum Gasteiger partial charge on any atom is 0.201 e. The number of hydrogen-bond acceptors (Lipinski definition) is 4. The molecule has 0 saturated carbocycles. The average molecular weight is 232 g/mol.